The molecule has 0 aliphatic carbocycles. The SMILES string of the molecule is CC(C)C[C@H](NC(=O)CNC(=O)c1cc(Br)cc(Br)c1Br)B1OCCN(C)CCO1. The van der Waals surface area contributed by atoms with Gasteiger partial charge in [0.05, 0.1) is 18.0 Å². The number of rotatable bonds is 7. The Kier molecular flexibility index (Phi) is 10.8. The van der Waals surface area contributed by atoms with Crippen molar-refractivity contribution in [3.8, 4) is 0 Å². The molecule has 7 nitrogen and oxygen atoms in total. The zero-order valence-electron chi connectivity index (χ0n) is 17.3. The Hall–Kier alpha value is -0.455. The van der Waals surface area contributed by atoms with Crippen LogP contribution in [-0.2, 0) is 14.1 Å². The van der Waals surface area contributed by atoms with Crippen LogP contribution in [-0.4, -0.2) is 69.7 Å². The first-order valence-electron chi connectivity index (χ1n) is 9.81. The summed E-state index contributed by atoms with van der Waals surface area (Å²) < 4.78 is 13.9. The standard InChI is InChI=1S/C19H27BBr3N3O4/c1-12(2)8-16(20-29-6-4-26(3)5-7-30-20)25-17(27)11-24-19(28)14-9-13(21)10-15(22)18(14)23/h9-10,12,16H,4-8,11H2,1-3H3,(H,24,28)(H,25,27)/t16-/m0/s1. The maximum Gasteiger partial charge on any atom is 0.480 e. The number of nitrogens with zero attached hydrogens (tertiary/aromatic N) is 1. The average molecular weight is 612 g/mol. The molecule has 0 aromatic heterocycles. The first-order valence-corrected chi connectivity index (χ1v) is 12.2. The predicted molar refractivity (Wildman–Crippen MR) is 128 cm³/mol. The van der Waals surface area contributed by atoms with Crippen molar-refractivity contribution in [1.29, 1.82) is 0 Å². The molecule has 1 aliphatic rings. The summed E-state index contributed by atoms with van der Waals surface area (Å²) in [5, 5.41) is 5.65. The van der Waals surface area contributed by atoms with Gasteiger partial charge in [0.15, 0.2) is 0 Å². The molecule has 1 atom stereocenters. The molecule has 1 aromatic carbocycles. The lowest BCUT2D eigenvalue weighted by atomic mass is 9.73. The number of hydrogen-bond donors (Lipinski definition) is 2. The van der Waals surface area contributed by atoms with Crippen LogP contribution in [0.25, 0.3) is 0 Å². The van der Waals surface area contributed by atoms with Crippen LogP contribution < -0.4 is 10.6 Å². The third-order valence-electron chi connectivity index (χ3n) is 4.56. The number of amides is 2. The van der Waals surface area contributed by atoms with Crippen molar-refractivity contribution in [1.82, 2.24) is 15.5 Å². The minimum Gasteiger partial charge on any atom is -0.408 e. The molecule has 1 aromatic rings. The molecule has 30 heavy (non-hydrogen) atoms. The van der Waals surface area contributed by atoms with Crippen LogP contribution in [0, 0.1) is 5.92 Å². The largest absolute Gasteiger partial charge is 0.480 e. The lowest BCUT2D eigenvalue weighted by Gasteiger charge is -2.29. The fourth-order valence-electron chi connectivity index (χ4n) is 3.02. The van der Waals surface area contributed by atoms with Crippen LogP contribution in [0.5, 0.6) is 0 Å². The van der Waals surface area contributed by atoms with Crippen LogP contribution in [0.4, 0.5) is 0 Å². The lowest BCUT2D eigenvalue weighted by molar-refractivity contribution is -0.120. The Morgan fingerprint density at radius 3 is 2.40 bits per heavy atom. The molecule has 11 heteroatoms. The van der Waals surface area contributed by atoms with Crippen LogP contribution in [0.3, 0.4) is 0 Å². The number of halogens is 3. The quantitative estimate of drug-likeness (QED) is 0.366. The molecule has 0 radical (unpaired) electrons. The van der Waals surface area contributed by atoms with Gasteiger partial charge in [0, 0.05) is 39.7 Å². The molecule has 166 valence electrons. The molecular formula is C19H27BBr3N3O4. The minimum absolute atomic E-state index is 0.139. The summed E-state index contributed by atoms with van der Waals surface area (Å²) in [5.41, 5.74) is 0.429. The minimum atomic E-state index is -0.504. The molecule has 1 saturated heterocycles. The summed E-state index contributed by atoms with van der Waals surface area (Å²) in [7, 11) is 1.52. The third kappa shape index (κ3) is 8.24. The Bertz CT molecular complexity index is 744. The topological polar surface area (TPSA) is 79.9 Å². The second-order valence-corrected chi connectivity index (χ2v) is 10.2. The van der Waals surface area contributed by atoms with Crippen LogP contribution >= 0.6 is 47.8 Å². The maximum absolute atomic E-state index is 12.6. The summed E-state index contributed by atoms with van der Waals surface area (Å²) in [6, 6.07) is 3.52. The molecule has 1 aliphatic heterocycles. The highest BCUT2D eigenvalue weighted by Crippen LogP contribution is 2.30. The molecule has 2 amide bonds. The van der Waals surface area contributed by atoms with Crippen molar-refractivity contribution in [2.75, 3.05) is 39.9 Å². The normalized spacial score (nSPS) is 16.7. The van der Waals surface area contributed by atoms with Crippen LogP contribution in [0.2, 0.25) is 0 Å². The van der Waals surface area contributed by atoms with Crippen molar-refractivity contribution < 1.29 is 18.9 Å². The van der Waals surface area contributed by atoms with E-state index in [1.54, 1.807) is 6.07 Å². The highest BCUT2D eigenvalue weighted by atomic mass is 79.9. The fraction of sp³-hybridized carbons (Fsp3) is 0.579. The molecule has 2 N–H and O–H groups in total. The van der Waals surface area contributed by atoms with E-state index < -0.39 is 7.12 Å². The van der Waals surface area contributed by atoms with E-state index in [1.165, 1.54) is 0 Å². The highest BCUT2D eigenvalue weighted by molar-refractivity contribution is 9.13. The van der Waals surface area contributed by atoms with E-state index in [2.05, 4.69) is 77.2 Å². The molecule has 1 heterocycles. The second kappa shape index (κ2) is 12.5. The Labute approximate surface area is 203 Å². The first-order chi connectivity index (χ1) is 14.2. The number of carbonyl (C=O) groups excluding carboxylic acids is 2. The van der Waals surface area contributed by atoms with Gasteiger partial charge in [-0.25, -0.2) is 0 Å². The van der Waals surface area contributed by atoms with Gasteiger partial charge >= 0.3 is 7.12 Å². The van der Waals surface area contributed by atoms with Gasteiger partial charge in [0.1, 0.15) is 0 Å². The van der Waals surface area contributed by atoms with Crippen LogP contribution in [0.1, 0.15) is 30.6 Å². The van der Waals surface area contributed by atoms with E-state index in [9.17, 15) is 9.59 Å². The van der Waals surface area contributed by atoms with Crippen molar-refractivity contribution in [2.24, 2.45) is 5.92 Å². The van der Waals surface area contributed by atoms with Gasteiger partial charge in [-0.05, 0) is 63.4 Å². The average Bonchev–Trinajstić information content (AvgIpc) is 2.64. The van der Waals surface area contributed by atoms with Gasteiger partial charge in [0.2, 0.25) is 5.91 Å². The smallest absolute Gasteiger partial charge is 0.408 e. The van der Waals surface area contributed by atoms with E-state index >= 15 is 0 Å². The molecule has 0 unspecified atom stereocenters. The second-order valence-electron chi connectivity index (χ2n) is 7.65. The summed E-state index contributed by atoms with van der Waals surface area (Å²) in [6.45, 7) is 6.73. The number of carbonyl (C=O) groups is 2. The molecular weight excluding hydrogens is 585 g/mol. The number of nitrogens with one attached hydrogen (secondary N) is 2. The Morgan fingerprint density at radius 2 is 1.80 bits per heavy atom. The van der Waals surface area contributed by atoms with Gasteiger partial charge in [-0.1, -0.05) is 29.8 Å². The number of benzene rings is 1. The van der Waals surface area contributed by atoms with Gasteiger partial charge < -0.3 is 24.8 Å². The fourth-order valence-corrected chi connectivity index (χ4v) is 4.66. The van der Waals surface area contributed by atoms with Crippen molar-refractivity contribution in [3.63, 3.8) is 0 Å². The van der Waals surface area contributed by atoms with Crippen LogP contribution in [0.15, 0.2) is 25.6 Å². The van der Waals surface area contributed by atoms with Gasteiger partial charge in [0.25, 0.3) is 5.91 Å². The number of likely N-dealkylation sites (N-methyl/N-ethyl adjacent to an activating group) is 1. The van der Waals surface area contributed by atoms with E-state index in [0.29, 0.717) is 35.6 Å². The van der Waals surface area contributed by atoms with Gasteiger partial charge in [-0.15, -0.1) is 0 Å². The van der Waals surface area contributed by atoms with E-state index in [1.807, 2.05) is 13.1 Å². The van der Waals surface area contributed by atoms with E-state index in [0.717, 1.165) is 22.0 Å². The summed E-state index contributed by atoms with van der Waals surface area (Å²) >= 11 is 10.2. The monoisotopic (exact) mass is 609 g/mol. The number of hydrogen-bond acceptors (Lipinski definition) is 5. The van der Waals surface area contributed by atoms with Gasteiger partial charge in [-0.2, -0.15) is 0 Å². The lowest BCUT2D eigenvalue weighted by Crippen LogP contribution is -2.54. The van der Waals surface area contributed by atoms with Crippen molar-refractivity contribution in [2.45, 2.75) is 26.2 Å². The summed E-state index contributed by atoms with van der Waals surface area (Å²) in [5.74, 6) is -0.573. The van der Waals surface area contributed by atoms with E-state index in [4.69, 9.17) is 9.31 Å². The van der Waals surface area contributed by atoms with Crippen molar-refractivity contribution in [3.05, 3.63) is 31.1 Å². The van der Waals surface area contributed by atoms with Gasteiger partial charge in [-0.3, -0.25) is 9.59 Å². The van der Waals surface area contributed by atoms with Crippen molar-refractivity contribution >= 4 is 66.7 Å². The summed E-state index contributed by atoms with van der Waals surface area (Å²) in [4.78, 5) is 27.2. The zero-order chi connectivity index (χ0) is 22.3. The molecule has 1 fully saturated rings. The highest BCUT2D eigenvalue weighted by Gasteiger charge is 2.33. The first kappa shape index (κ1) is 25.8. The predicted octanol–water partition coefficient (Wildman–Crippen LogP) is 3.24. The molecule has 2 rings (SSSR count). The molecule has 0 saturated carbocycles. The molecule has 0 bridgehead atoms. The van der Waals surface area contributed by atoms with E-state index in [-0.39, 0.29) is 24.3 Å². The Balaban J connectivity index is 1.96. The maximum atomic E-state index is 12.6. The Morgan fingerprint density at radius 1 is 1.17 bits per heavy atom. The zero-order valence-corrected chi connectivity index (χ0v) is 22.1. The summed E-state index contributed by atoms with van der Waals surface area (Å²) in [6.07, 6.45) is 0.713. The third-order valence-corrected chi connectivity index (χ3v) is 7.03. The molecule has 0 spiro atoms.